The number of amides is 2. The van der Waals surface area contributed by atoms with Crippen molar-refractivity contribution in [3.8, 4) is 0 Å². The summed E-state index contributed by atoms with van der Waals surface area (Å²) in [6.07, 6.45) is 1.35. The van der Waals surface area contributed by atoms with Crippen LogP contribution in [0, 0.1) is 11.6 Å². The fourth-order valence-corrected chi connectivity index (χ4v) is 2.44. The molecule has 1 saturated heterocycles. The molecule has 2 N–H and O–H groups in total. The Bertz CT molecular complexity index is 575. The van der Waals surface area contributed by atoms with Gasteiger partial charge in [-0.2, -0.15) is 0 Å². The number of carbonyl (C=O) groups excluding carboxylic acids is 2. The molecule has 1 heterocycles. The Labute approximate surface area is 112 Å². The minimum Gasteiger partial charge on any atom is -0.329 e. The molecule has 7 heteroatoms. The topological polar surface area (TPSA) is 63.4 Å². The van der Waals surface area contributed by atoms with Gasteiger partial charge in [-0.3, -0.25) is 14.5 Å². The van der Waals surface area contributed by atoms with Gasteiger partial charge >= 0.3 is 0 Å². The van der Waals surface area contributed by atoms with E-state index in [0.717, 1.165) is 28.8 Å². The van der Waals surface area contributed by atoms with Gasteiger partial charge in [-0.1, -0.05) is 6.07 Å². The predicted octanol–water partition coefficient (Wildman–Crippen LogP) is 1.96. The van der Waals surface area contributed by atoms with Crippen molar-refractivity contribution in [2.45, 2.75) is 0 Å². The van der Waals surface area contributed by atoms with Gasteiger partial charge in [0.05, 0.1) is 4.91 Å². The number of nitrogens with zero attached hydrogens (tertiary/aromatic N) is 1. The third-order valence-electron chi connectivity index (χ3n) is 2.47. The van der Waals surface area contributed by atoms with Gasteiger partial charge in [-0.15, -0.1) is 0 Å². The molecule has 0 atom stereocenters. The quantitative estimate of drug-likeness (QED) is 0.862. The zero-order chi connectivity index (χ0) is 14.0. The molecule has 4 nitrogen and oxygen atoms in total. The molecule has 1 aromatic carbocycles. The van der Waals surface area contributed by atoms with E-state index in [1.54, 1.807) is 0 Å². The van der Waals surface area contributed by atoms with Crippen LogP contribution < -0.4 is 5.73 Å². The Kier molecular flexibility index (Phi) is 3.96. The lowest BCUT2D eigenvalue weighted by atomic mass is 10.2. The van der Waals surface area contributed by atoms with E-state index in [-0.39, 0.29) is 18.0 Å². The summed E-state index contributed by atoms with van der Waals surface area (Å²) < 4.78 is 25.8. The van der Waals surface area contributed by atoms with Crippen LogP contribution in [0.25, 0.3) is 6.08 Å². The van der Waals surface area contributed by atoms with Gasteiger partial charge in [-0.25, -0.2) is 8.78 Å². The average molecular weight is 284 g/mol. The van der Waals surface area contributed by atoms with Gasteiger partial charge in [0.1, 0.15) is 0 Å². The van der Waals surface area contributed by atoms with Crippen molar-refractivity contribution in [1.82, 2.24) is 4.90 Å². The number of nitrogens with two attached hydrogens (primary N) is 1. The largest absolute Gasteiger partial charge is 0.329 e. The van der Waals surface area contributed by atoms with Gasteiger partial charge in [0.2, 0.25) is 0 Å². The van der Waals surface area contributed by atoms with Crippen LogP contribution in [0.3, 0.4) is 0 Å². The van der Waals surface area contributed by atoms with E-state index in [1.807, 2.05) is 0 Å². The van der Waals surface area contributed by atoms with E-state index in [1.165, 1.54) is 12.1 Å². The van der Waals surface area contributed by atoms with Crippen LogP contribution in [0.15, 0.2) is 23.1 Å². The number of rotatable bonds is 3. The molecule has 19 heavy (non-hydrogen) atoms. The summed E-state index contributed by atoms with van der Waals surface area (Å²) in [4.78, 5) is 24.6. The number of hydrogen-bond donors (Lipinski definition) is 1. The number of hydrogen-bond acceptors (Lipinski definition) is 4. The lowest BCUT2D eigenvalue weighted by molar-refractivity contribution is -0.122. The van der Waals surface area contributed by atoms with E-state index in [2.05, 4.69) is 0 Å². The zero-order valence-corrected chi connectivity index (χ0v) is 10.5. The lowest BCUT2D eigenvalue weighted by Gasteiger charge is -2.09. The van der Waals surface area contributed by atoms with E-state index >= 15 is 0 Å². The third kappa shape index (κ3) is 2.82. The van der Waals surface area contributed by atoms with Crippen LogP contribution in [-0.2, 0) is 4.79 Å². The number of halogens is 2. The smallest absolute Gasteiger partial charge is 0.293 e. The summed E-state index contributed by atoms with van der Waals surface area (Å²) in [5.74, 6) is -2.44. The van der Waals surface area contributed by atoms with Crippen molar-refractivity contribution < 1.29 is 18.4 Å². The molecule has 100 valence electrons. The first-order valence-corrected chi connectivity index (χ1v) is 6.25. The molecule has 2 amide bonds. The third-order valence-corrected chi connectivity index (χ3v) is 3.38. The minimum absolute atomic E-state index is 0.139. The molecule has 1 aliphatic heterocycles. The second kappa shape index (κ2) is 5.50. The van der Waals surface area contributed by atoms with Crippen LogP contribution in [0.2, 0.25) is 0 Å². The maximum absolute atomic E-state index is 13.0. The van der Waals surface area contributed by atoms with Crippen LogP contribution in [0.1, 0.15) is 5.56 Å². The lowest BCUT2D eigenvalue weighted by Crippen LogP contribution is -2.33. The Morgan fingerprint density at radius 1 is 1.26 bits per heavy atom. The molecule has 0 saturated carbocycles. The molecule has 0 aliphatic carbocycles. The number of thioether (sulfide) groups is 1. The summed E-state index contributed by atoms with van der Waals surface area (Å²) in [6, 6.07) is 3.26. The summed E-state index contributed by atoms with van der Waals surface area (Å²) in [6.45, 7) is 0.316. The van der Waals surface area contributed by atoms with Crippen molar-refractivity contribution in [3.05, 3.63) is 40.3 Å². The second-order valence-corrected chi connectivity index (χ2v) is 4.79. The van der Waals surface area contributed by atoms with Crippen LogP contribution in [-0.4, -0.2) is 29.1 Å². The maximum atomic E-state index is 13.0. The Morgan fingerprint density at radius 3 is 2.63 bits per heavy atom. The van der Waals surface area contributed by atoms with Crippen molar-refractivity contribution in [1.29, 1.82) is 0 Å². The fraction of sp³-hybridized carbons (Fsp3) is 0.167. The van der Waals surface area contributed by atoms with Gasteiger partial charge < -0.3 is 5.73 Å². The Hall–Kier alpha value is -1.73. The summed E-state index contributed by atoms with van der Waals surface area (Å²) in [7, 11) is 0. The van der Waals surface area contributed by atoms with Gasteiger partial charge in [0.15, 0.2) is 11.6 Å². The van der Waals surface area contributed by atoms with E-state index < -0.39 is 22.8 Å². The molecular formula is C12H10F2N2O2S. The Morgan fingerprint density at radius 2 is 2.00 bits per heavy atom. The van der Waals surface area contributed by atoms with E-state index in [4.69, 9.17) is 5.73 Å². The Balaban J connectivity index is 2.27. The van der Waals surface area contributed by atoms with Crippen LogP contribution in [0.4, 0.5) is 13.6 Å². The van der Waals surface area contributed by atoms with E-state index in [9.17, 15) is 18.4 Å². The highest BCUT2D eigenvalue weighted by Gasteiger charge is 2.34. The summed E-state index contributed by atoms with van der Waals surface area (Å²) in [5.41, 5.74) is 5.62. The van der Waals surface area contributed by atoms with E-state index in [0.29, 0.717) is 5.56 Å². The molecular weight excluding hydrogens is 274 g/mol. The molecule has 2 rings (SSSR count). The molecule has 1 fully saturated rings. The number of benzene rings is 1. The van der Waals surface area contributed by atoms with Gasteiger partial charge in [0.25, 0.3) is 11.1 Å². The molecule has 0 bridgehead atoms. The second-order valence-electron chi connectivity index (χ2n) is 3.80. The average Bonchev–Trinajstić information content (AvgIpc) is 2.62. The molecule has 0 spiro atoms. The first-order chi connectivity index (χ1) is 9.02. The normalized spacial score (nSPS) is 17.6. The summed E-state index contributed by atoms with van der Waals surface area (Å²) >= 11 is 0.753. The zero-order valence-electron chi connectivity index (χ0n) is 9.73. The number of carbonyl (C=O) groups is 2. The van der Waals surface area contributed by atoms with Crippen molar-refractivity contribution >= 4 is 29.0 Å². The first kappa shape index (κ1) is 13.7. The molecule has 1 aromatic rings. The maximum Gasteiger partial charge on any atom is 0.293 e. The molecule has 0 unspecified atom stereocenters. The SMILES string of the molecule is NCCN1C(=O)S/C(=C\c2ccc(F)c(F)c2)C1=O. The molecule has 1 aliphatic rings. The highest BCUT2D eigenvalue weighted by Crippen LogP contribution is 2.31. The summed E-state index contributed by atoms with van der Waals surface area (Å²) in [5, 5.41) is -0.413. The highest BCUT2D eigenvalue weighted by atomic mass is 32.2. The predicted molar refractivity (Wildman–Crippen MR) is 68.1 cm³/mol. The standard InChI is InChI=1S/C12H10F2N2O2S/c13-8-2-1-7(5-9(8)14)6-10-11(17)16(4-3-15)12(18)19-10/h1-2,5-6H,3-4,15H2/b10-6-. The minimum atomic E-state index is -1.00. The molecule has 0 aromatic heterocycles. The van der Waals surface area contributed by atoms with Crippen molar-refractivity contribution in [3.63, 3.8) is 0 Å². The van der Waals surface area contributed by atoms with Gasteiger partial charge in [-0.05, 0) is 35.5 Å². The van der Waals surface area contributed by atoms with Gasteiger partial charge in [0, 0.05) is 13.1 Å². The first-order valence-electron chi connectivity index (χ1n) is 5.43. The fourth-order valence-electron chi connectivity index (χ4n) is 1.58. The number of imide groups is 1. The highest BCUT2D eigenvalue weighted by molar-refractivity contribution is 8.18. The van der Waals surface area contributed by atoms with Crippen LogP contribution in [0.5, 0.6) is 0 Å². The monoisotopic (exact) mass is 284 g/mol. The molecule has 0 radical (unpaired) electrons. The van der Waals surface area contributed by atoms with Crippen LogP contribution >= 0.6 is 11.8 Å². The van der Waals surface area contributed by atoms with Crippen molar-refractivity contribution in [2.75, 3.05) is 13.1 Å². The van der Waals surface area contributed by atoms with Crippen molar-refractivity contribution in [2.24, 2.45) is 5.73 Å².